The van der Waals surface area contributed by atoms with Gasteiger partial charge in [-0.15, -0.1) is 0 Å². The molecule has 0 spiro atoms. The first-order valence-electron chi connectivity index (χ1n) is 4.89. The topological polar surface area (TPSA) is 26.0 Å². The second kappa shape index (κ2) is 7.63. The third-order valence-electron chi connectivity index (χ3n) is 1.82. The summed E-state index contributed by atoms with van der Waals surface area (Å²) in [6, 6.07) is 0. The molecule has 0 saturated carbocycles. The number of hydrogen-bond donors (Lipinski definition) is 1. The fourth-order valence-electron chi connectivity index (χ4n) is 0.790. The summed E-state index contributed by atoms with van der Waals surface area (Å²) in [6.07, 6.45) is 13.3. The van der Waals surface area contributed by atoms with Crippen LogP contribution in [0.3, 0.4) is 0 Å². The molecule has 0 heterocycles. The Morgan fingerprint density at radius 2 is 1.53 bits per heavy atom. The van der Waals surface area contributed by atoms with E-state index >= 15 is 0 Å². The minimum absolute atomic E-state index is 0.724. The molecule has 15 heavy (non-hydrogen) atoms. The summed E-state index contributed by atoms with van der Waals surface area (Å²) in [6.45, 7) is 11.7. The zero-order valence-corrected chi connectivity index (χ0v) is 9.53. The molecule has 0 atom stereocenters. The molecule has 0 fully saturated rings. The highest BCUT2D eigenvalue weighted by Crippen LogP contribution is 2.09. The minimum atomic E-state index is 0.724. The zero-order chi connectivity index (χ0) is 11.7. The lowest BCUT2D eigenvalue weighted by molar-refractivity contribution is 1.39. The van der Waals surface area contributed by atoms with Crippen LogP contribution in [0.1, 0.15) is 13.8 Å². The van der Waals surface area contributed by atoms with Crippen LogP contribution in [0.2, 0.25) is 0 Å². The summed E-state index contributed by atoms with van der Waals surface area (Å²) in [5, 5.41) is 0. The molecule has 0 rings (SSSR count). The van der Waals surface area contributed by atoms with Crippen LogP contribution < -0.4 is 5.73 Å². The smallest absolute Gasteiger partial charge is 0.0270 e. The molecule has 0 aromatic carbocycles. The molecule has 2 N–H and O–H groups in total. The Bertz CT molecular complexity index is 338. The molecule has 0 aliphatic carbocycles. The van der Waals surface area contributed by atoms with Gasteiger partial charge in [-0.05, 0) is 31.1 Å². The first-order valence-corrected chi connectivity index (χ1v) is 4.89. The fraction of sp³-hybridized carbons (Fsp3) is 0.143. The van der Waals surface area contributed by atoms with Crippen LogP contribution in [0.5, 0.6) is 0 Å². The maximum Gasteiger partial charge on any atom is 0.0270 e. The van der Waals surface area contributed by atoms with Crippen molar-refractivity contribution >= 4 is 0 Å². The summed E-state index contributed by atoms with van der Waals surface area (Å²) in [5.74, 6) is 0. The summed E-state index contributed by atoms with van der Waals surface area (Å²) >= 11 is 0. The van der Waals surface area contributed by atoms with Gasteiger partial charge >= 0.3 is 0 Å². The molecule has 1 nitrogen and oxygen atoms in total. The molecular weight excluding hydrogens is 182 g/mol. The Morgan fingerprint density at radius 1 is 0.933 bits per heavy atom. The Balaban J connectivity index is 4.35. The van der Waals surface area contributed by atoms with Crippen molar-refractivity contribution in [2.75, 3.05) is 0 Å². The van der Waals surface area contributed by atoms with E-state index in [0.717, 1.165) is 16.8 Å². The highest BCUT2D eigenvalue weighted by molar-refractivity contribution is 5.44. The number of hydrogen-bond acceptors (Lipinski definition) is 1. The molecular formula is C14H19N. The second-order valence-electron chi connectivity index (χ2n) is 3.06. The van der Waals surface area contributed by atoms with Gasteiger partial charge in [-0.2, -0.15) is 0 Å². The largest absolute Gasteiger partial charge is 0.399 e. The van der Waals surface area contributed by atoms with Crippen molar-refractivity contribution in [2.45, 2.75) is 13.8 Å². The van der Waals surface area contributed by atoms with Crippen LogP contribution in [-0.2, 0) is 0 Å². The summed E-state index contributed by atoms with van der Waals surface area (Å²) in [5.41, 5.74) is 8.09. The van der Waals surface area contributed by atoms with E-state index in [9.17, 15) is 0 Å². The number of rotatable bonds is 5. The van der Waals surface area contributed by atoms with Gasteiger partial charge in [-0.3, -0.25) is 0 Å². The highest BCUT2D eigenvalue weighted by Gasteiger charge is 1.90. The van der Waals surface area contributed by atoms with E-state index in [-0.39, 0.29) is 0 Å². The Labute approximate surface area is 92.7 Å². The SMILES string of the molecule is C=C(/C=C\C=C/C)C(=C)/C=C\C(N)=C/C. The monoisotopic (exact) mass is 201 g/mol. The van der Waals surface area contributed by atoms with Crippen LogP contribution in [-0.4, -0.2) is 0 Å². The molecule has 80 valence electrons. The number of nitrogens with two attached hydrogens (primary N) is 1. The maximum atomic E-state index is 5.62. The molecule has 0 aliphatic rings. The molecule has 1 heteroatoms. The number of allylic oxidation sites excluding steroid dienone is 9. The normalized spacial score (nSPS) is 13.1. The summed E-state index contributed by atoms with van der Waals surface area (Å²) in [7, 11) is 0. The van der Waals surface area contributed by atoms with Gasteiger partial charge in [0.2, 0.25) is 0 Å². The van der Waals surface area contributed by atoms with E-state index in [1.165, 1.54) is 0 Å². The van der Waals surface area contributed by atoms with Crippen LogP contribution >= 0.6 is 0 Å². The van der Waals surface area contributed by atoms with Gasteiger partial charge in [0.05, 0.1) is 0 Å². The van der Waals surface area contributed by atoms with Crippen molar-refractivity contribution in [3.05, 3.63) is 72.5 Å². The predicted octanol–water partition coefficient (Wildman–Crippen LogP) is 3.65. The van der Waals surface area contributed by atoms with Crippen LogP contribution in [0, 0.1) is 0 Å². The van der Waals surface area contributed by atoms with Gasteiger partial charge in [-0.1, -0.05) is 49.6 Å². The van der Waals surface area contributed by atoms with Crippen LogP contribution in [0.4, 0.5) is 0 Å². The van der Waals surface area contributed by atoms with Crippen molar-refractivity contribution in [2.24, 2.45) is 5.73 Å². The van der Waals surface area contributed by atoms with Crippen molar-refractivity contribution in [1.29, 1.82) is 0 Å². The van der Waals surface area contributed by atoms with Gasteiger partial charge in [0.1, 0.15) is 0 Å². The summed E-state index contributed by atoms with van der Waals surface area (Å²) < 4.78 is 0. The molecule has 0 aliphatic heterocycles. The molecule has 0 unspecified atom stereocenters. The van der Waals surface area contributed by atoms with Crippen LogP contribution in [0.15, 0.2) is 72.5 Å². The second-order valence-corrected chi connectivity index (χ2v) is 3.06. The van der Waals surface area contributed by atoms with Crippen molar-refractivity contribution in [3.8, 4) is 0 Å². The lowest BCUT2D eigenvalue weighted by Gasteiger charge is -1.98. The fourth-order valence-corrected chi connectivity index (χ4v) is 0.790. The molecule has 0 amide bonds. The van der Waals surface area contributed by atoms with Crippen molar-refractivity contribution < 1.29 is 0 Å². The molecule has 0 aromatic heterocycles. The van der Waals surface area contributed by atoms with Gasteiger partial charge in [0.25, 0.3) is 0 Å². The van der Waals surface area contributed by atoms with E-state index in [1.54, 1.807) is 0 Å². The van der Waals surface area contributed by atoms with E-state index < -0.39 is 0 Å². The van der Waals surface area contributed by atoms with Crippen molar-refractivity contribution in [1.82, 2.24) is 0 Å². The Hall–Kier alpha value is -1.76. The van der Waals surface area contributed by atoms with E-state index in [0.29, 0.717) is 0 Å². The third-order valence-corrected chi connectivity index (χ3v) is 1.82. The first-order chi connectivity index (χ1) is 7.11. The quantitative estimate of drug-likeness (QED) is 0.675. The van der Waals surface area contributed by atoms with Crippen molar-refractivity contribution in [3.63, 3.8) is 0 Å². The van der Waals surface area contributed by atoms with E-state index in [1.807, 2.05) is 56.4 Å². The first kappa shape index (κ1) is 13.2. The molecule has 0 aromatic rings. The predicted molar refractivity (Wildman–Crippen MR) is 69.3 cm³/mol. The lowest BCUT2D eigenvalue weighted by atomic mass is 10.1. The Kier molecular flexibility index (Phi) is 6.73. The maximum absolute atomic E-state index is 5.62. The third kappa shape index (κ3) is 6.33. The Morgan fingerprint density at radius 3 is 2.07 bits per heavy atom. The van der Waals surface area contributed by atoms with Crippen LogP contribution in [0.25, 0.3) is 0 Å². The molecule has 0 saturated heterocycles. The average Bonchev–Trinajstić information content (AvgIpc) is 2.25. The molecule has 0 bridgehead atoms. The lowest BCUT2D eigenvalue weighted by Crippen LogP contribution is -1.91. The average molecular weight is 201 g/mol. The highest BCUT2D eigenvalue weighted by atomic mass is 14.5. The summed E-state index contributed by atoms with van der Waals surface area (Å²) in [4.78, 5) is 0. The van der Waals surface area contributed by atoms with Gasteiger partial charge < -0.3 is 5.73 Å². The minimum Gasteiger partial charge on any atom is -0.399 e. The standard InChI is InChI=1S/C14H19N/c1-5-7-8-9-12(3)13(4)10-11-14(15)6-2/h5-11H,3-4,15H2,1-2H3/b7-5-,9-8-,11-10-,14-6+. The van der Waals surface area contributed by atoms with Gasteiger partial charge in [0, 0.05) is 5.70 Å². The molecule has 0 radical (unpaired) electrons. The van der Waals surface area contributed by atoms with Gasteiger partial charge in [-0.25, -0.2) is 0 Å². The van der Waals surface area contributed by atoms with E-state index in [4.69, 9.17) is 5.73 Å². The zero-order valence-electron chi connectivity index (χ0n) is 9.53. The van der Waals surface area contributed by atoms with E-state index in [2.05, 4.69) is 13.2 Å². The van der Waals surface area contributed by atoms with Gasteiger partial charge in [0.15, 0.2) is 0 Å².